The number of hydrogen-bond acceptors (Lipinski definition) is 4. The quantitative estimate of drug-likeness (QED) is 0.439. The van der Waals surface area contributed by atoms with Gasteiger partial charge in [-0.1, -0.05) is 78.0 Å². The summed E-state index contributed by atoms with van der Waals surface area (Å²) in [7, 11) is 0. The Bertz CT molecular complexity index is 1000. The lowest BCUT2D eigenvalue weighted by molar-refractivity contribution is -0.120. The Morgan fingerprint density at radius 3 is 2.30 bits per heavy atom. The van der Waals surface area contributed by atoms with Gasteiger partial charge in [0.05, 0.1) is 23.5 Å². The molecule has 2 N–H and O–H groups in total. The number of carbonyl (C=O) groups is 2. The zero-order chi connectivity index (χ0) is 21.2. The molecule has 6 heteroatoms. The molecule has 6 nitrogen and oxygen atoms in total. The molecule has 0 unspecified atom stereocenters. The van der Waals surface area contributed by atoms with Crippen LogP contribution in [0.15, 0.2) is 90.1 Å². The predicted octanol–water partition coefficient (Wildman–Crippen LogP) is 4.17. The molecule has 0 saturated heterocycles. The lowest BCUT2D eigenvalue weighted by Gasteiger charge is -2.16. The SMILES string of the molecule is C[C@@H](NC(=O)c1ccccc1NC(=O)CO/N=C\c1ccccc1)c1ccccc1. The normalized spacial score (nSPS) is 11.6. The molecule has 3 aromatic carbocycles. The van der Waals surface area contributed by atoms with Crippen LogP contribution in [0.5, 0.6) is 0 Å². The summed E-state index contributed by atoms with van der Waals surface area (Å²) in [6.07, 6.45) is 1.53. The van der Waals surface area contributed by atoms with Crippen molar-refractivity contribution in [1.29, 1.82) is 0 Å². The average Bonchev–Trinajstić information content (AvgIpc) is 2.78. The number of hydrogen-bond donors (Lipinski definition) is 2. The number of oxime groups is 1. The molecule has 0 aliphatic rings. The van der Waals surface area contributed by atoms with E-state index in [0.29, 0.717) is 11.3 Å². The summed E-state index contributed by atoms with van der Waals surface area (Å²) in [5.41, 5.74) is 2.65. The smallest absolute Gasteiger partial charge is 0.265 e. The molecule has 3 aromatic rings. The van der Waals surface area contributed by atoms with Gasteiger partial charge in [0.25, 0.3) is 11.8 Å². The predicted molar refractivity (Wildman–Crippen MR) is 117 cm³/mol. The average molecular weight is 401 g/mol. The summed E-state index contributed by atoms with van der Waals surface area (Å²) in [5.74, 6) is -0.679. The van der Waals surface area contributed by atoms with Crippen LogP contribution in [0.1, 0.15) is 34.5 Å². The summed E-state index contributed by atoms with van der Waals surface area (Å²) in [5, 5.41) is 9.44. The van der Waals surface area contributed by atoms with Crippen molar-refractivity contribution in [3.05, 3.63) is 102 Å². The van der Waals surface area contributed by atoms with Crippen LogP contribution in [0, 0.1) is 0 Å². The highest BCUT2D eigenvalue weighted by Crippen LogP contribution is 2.18. The van der Waals surface area contributed by atoms with Crippen LogP contribution in [0.4, 0.5) is 5.69 Å². The summed E-state index contributed by atoms with van der Waals surface area (Å²) >= 11 is 0. The monoisotopic (exact) mass is 401 g/mol. The van der Waals surface area contributed by atoms with Crippen molar-refractivity contribution in [2.75, 3.05) is 11.9 Å². The van der Waals surface area contributed by atoms with E-state index in [9.17, 15) is 9.59 Å². The molecule has 0 aliphatic carbocycles. The van der Waals surface area contributed by atoms with E-state index in [1.165, 1.54) is 6.21 Å². The minimum Gasteiger partial charge on any atom is -0.386 e. The molecular weight excluding hydrogens is 378 g/mol. The van der Waals surface area contributed by atoms with Crippen LogP contribution in [0.2, 0.25) is 0 Å². The molecule has 0 fully saturated rings. The Morgan fingerprint density at radius 2 is 1.57 bits per heavy atom. The zero-order valence-electron chi connectivity index (χ0n) is 16.6. The standard InChI is InChI=1S/C24H23N3O3/c1-18(20-12-6-3-7-13-20)26-24(29)21-14-8-9-15-22(21)27-23(28)17-30-25-16-19-10-4-2-5-11-19/h2-16,18H,17H2,1H3,(H,26,29)(H,27,28)/b25-16-/t18-/m1/s1. The first-order valence-corrected chi connectivity index (χ1v) is 9.58. The van der Waals surface area contributed by atoms with Crippen LogP contribution in [0.25, 0.3) is 0 Å². The molecule has 0 aromatic heterocycles. The largest absolute Gasteiger partial charge is 0.386 e. The second-order valence-corrected chi connectivity index (χ2v) is 6.62. The Balaban J connectivity index is 1.57. The number of amides is 2. The van der Waals surface area contributed by atoms with Crippen molar-refractivity contribution in [1.82, 2.24) is 5.32 Å². The molecule has 152 valence electrons. The molecule has 0 radical (unpaired) electrons. The lowest BCUT2D eigenvalue weighted by Crippen LogP contribution is -2.28. The summed E-state index contributed by atoms with van der Waals surface area (Å²) < 4.78 is 0. The van der Waals surface area contributed by atoms with Crippen LogP contribution >= 0.6 is 0 Å². The fraction of sp³-hybridized carbons (Fsp3) is 0.125. The third kappa shape index (κ3) is 6.04. The van der Waals surface area contributed by atoms with Gasteiger partial charge in [-0.2, -0.15) is 0 Å². The van der Waals surface area contributed by atoms with E-state index < -0.39 is 5.91 Å². The second-order valence-electron chi connectivity index (χ2n) is 6.62. The third-order valence-electron chi connectivity index (χ3n) is 4.36. The van der Waals surface area contributed by atoms with Crippen molar-refractivity contribution >= 4 is 23.7 Å². The highest BCUT2D eigenvalue weighted by molar-refractivity contribution is 6.04. The minimum atomic E-state index is -0.406. The van der Waals surface area contributed by atoms with Crippen molar-refractivity contribution in [2.45, 2.75) is 13.0 Å². The topological polar surface area (TPSA) is 79.8 Å². The van der Waals surface area contributed by atoms with Gasteiger partial charge in [-0.3, -0.25) is 9.59 Å². The molecule has 0 aliphatic heterocycles. The lowest BCUT2D eigenvalue weighted by atomic mass is 10.1. The molecule has 0 spiro atoms. The Morgan fingerprint density at radius 1 is 0.933 bits per heavy atom. The Hall–Kier alpha value is -3.93. The van der Waals surface area contributed by atoms with E-state index in [0.717, 1.165) is 11.1 Å². The number of rotatable bonds is 8. The first-order chi connectivity index (χ1) is 14.6. The van der Waals surface area contributed by atoms with Crippen LogP contribution in [-0.4, -0.2) is 24.6 Å². The van der Waals surface area contributed by atoms with Crippen molar-refractivity contribution in [2.24, 2.45) is 5.16 Å². The van der Waals surface area contributed by atoms with E-state index in [1.807, 2.05) is 67.6 Å². The summed E-state index contributed by atoms with van der Waals surface area (Å²) in [6, 6.07) is 25.8. The number of nitrogens with one attached hydrogen (secondary N) is 2. The molecule has 3 rings (SSSR count). The molecule has 30 heavy (non-hydrogen) atoms. The third-order valence-corrected chi connectivity index (χ3v) is 4.36. The van der Waals surface area contributed by atoms with E-state index >= 15 is 0 Å². The number of carbonyl (C=O) groups excluding carboxylic acids is 2. The van der Waals surface area contributed by atoms with Crippen molar-refractivity contribution < 1.29 is 14.4 Å². The molecule has 2 amide bonds. The van der Waals surface area contributed by atoms with Gasteiger partial charge in [0.2, 0.25) is 0 Å². The van der Waals surface area contributed by atoms with Gasteiger partial charge in [0.1, 0.15) is 0 Å². The number of para-hydroxylation sites is 1. The maximum atomic E-state index is 12.7. The number of nitrogens with zero attached hydrogens (tertiary/aromatic N) is 1. The van der Waals surface area contributed by atoms with Gasteiger partial charge in [-0.25, -0.2) is 0 Å². The number of benzene rings is 3. The van der Waals surface area contributed by atoms with E-state index in [-0.39, 0.29) is 18.6 Å². The minimum absolute atomic E-state index is 0.168. The maximum Gasteiger partial charge on any atom is 0.265 e. The van der Waals surface area contributed by atoms with E-state index in [1.54, 1.807) is 24.3 Å². The highest BCUT2D eigenvalue weighted by Gasteiger charge is 2.16. The van der Waals surface area contributed by atoms with Crippen LogP contribution < -0.4 is 10.6 Å². The number of anilines is 1. The van der Waals surface area contributed by atoms with Crippen LogP contribution in [0.3, 0.4) is 0 Å². The van der Waals surface area contributed by atoms with Gasteiger partial charge in [-0.05, 0) is 30.2 Å². The van der Waals surface area contributed by atoms with E-state index in [2.05, 4.69) is 15.8 Å². The van der Waals surface area contributed by atoms with E-state index in [4.69, 9.17) is 4.84 Å². The fourth-order valence-electron chi connectivity index (χ4n) is 2.81. The Labute approximate surface area is 175 Å². The first kappa shape index (κ1) is 20.8. The van der Waals surface area contributed by atoms with Gasteiger partial charge in [0, 0.05) is 0 Å². The fourth-order valence-corrected chi connectivity index (χ4v) is 2.81. The van der Waals surface area contributed by atoms with Crippen molar-refractivity contribution in [3.63, 3.8) is 0 Å². The molecule has 0 heterocycles. The molecule has 0 bridgehead atoms. The maximum absolute atomic E-state index is 12.7. The van der Waals surface area contributed by atoms with Gasteiger partial charge < -0.3 is 15.5 Å². The van der Waals surface area contributed by atoms with Crippen molar-refractivity contribution in [3.8, 4) is 0 Å². The summed E-state index contributed by atoms with van der Waals surface area (Å²) in [4.78, 5) is 30.0. The molecule has 1 atom stereocenters. The second kappa shape index (κ2) is 10.6. The first-order valence-electron chi connectivity index (χ1n) is 9.58. The zero-order valence-corrected chi connectivity index (χ0v) is 16.6. The molecule has 0 saturated carbocycles. The summed E-state index contributed by atoms with van der Waals surface area (Å²) in [6.45, 7) is 1.65. The Kier molecular flexibility index (Phi) is 7.33. The van der Waals surface area contributed by atoms with Crippen LogP contribution in [-0.2, 0) is 9.63 Å². The van der Waals surface area contributed by atoms with Gasteiger partial charge >= 0.3 is 0 Å². The van der Waals surface area contributed by atoms with Gasteiger partial charge in [-0.15, -0.1) is 0 Å². The van der Waals surface area contributed by atoms with Gasteiger partial charge in [0.15, 0.2) is 6.61 Å². The molecular formula is C24H23N3O3. The highest BCUT2D eigenvalue weighted by atomic mass is 16.6.